The van der Waals surface area contributed by atoms with Crippen molar-refractivity contribution in [2.24, 2.45) is 5.92 Å². The predicted octanol–water partition coefficient (Wildman–Crippen LogP) is 3.64. The van der Waals surface area contributed by atoms with Crippen molar-refractivity contribution in [3.63, 3.8) is 0 Å². The van der Waals surface area contributed by atoms with E-state index in [1.807, 2.05) is 0 Å². The zero-order valence-corrected chi connectivity index (χ0v) is 13.0. The highest BCUT2D eigenvalue weighted by atomic mass is 16.4. The highest BCUT2D eigenvalue weighted by Crippen LogP contribution is 2.29. The highest BCUT2D eigenvalue weighted by Gasteiger charge is 2.39. The van der Waals surface area contributed by atoms with E-state index < -0.39 is 11.5 Å². The molecule has 0 saturated heterocycles. The number of carboxylic acid groups (broad SMARTS) is 1. The summed E-state index contributed by atoms with van der Waals surface area (Å²) >= 11 is 0. The second kappa shape index (κ2) is 7.81. The zero-order valence-electron chi connectivity index (χ0n) is 13.0. The Morgan fingerprint density at radius 1 is 0.952 bits per heavy atom. The van der Waals surface area contributed by atoms with Crippen LogP contribution in [-0.2, 0) is 9.59 Å². The van der Waals surface area contributed by atoms with Crippen LogP contribution in [0.1, 0.15) is 83.5 Å². The minimum atomic E-state index is -1.000. The largest absolute Gasteiger partial charge is 0.480 e. The first-order valence-electron chi connectivity index (χ1n) is 8.67. The number of aliphatic carboxylic acids is 1. The Labute approximate surface area is 127 Å². The molecule has 0 aromatic rings. The molecule has 2 rings (SSSR count). The van der Waals surface area contributed by atoms with Crippen molar-refractivity contribution in [3.8, 4) is 0 Å². The van der Waals surface area contributed by atoms with Crippen LogP contribution in [0.5, 0.6) is 0 Å². The Morgan fingerprint density at radius 2 is 1.52 bits per heavy atom. The lowest BCUT2D eigenvalue weighted by molar-refractivity contribution is -0.148. The van der Waals surface area contributed by atoms with Crippen LogP contribution in [-0.4, -0.2) is 22.5 Å². The van der Waals surface area contributed by atoms with Crippen LogP contribution in [0.4, 0.5) is 0 Å². The van der Waals surface area contributed by atoms with Crippen molar-refractivity contribution >= 4 is 11.9 Å². The molecule has 2 saturated carbocycles. The molecule has 0 aromatic carbocycles. The van der Waals surface area contributed by atoms with E-state index in [0.29, 0.717) is 25.2 Å². The lowest BCUT2D eigenvalue weighted by Gasteiger charge is -2.30. The lowest BCUT2D eigenvalue weighted by atomic mass is 9.85. The maximum atomic E-state index is 12.2. The predicted molar refractivity (Wildman–Crippen MR) is 82.0 cm³/mol. The van der Waals surface area contributed by atoms with Crippen LogP contribution in [0.3, 0.4) is 0 Å². The van der Waals surface area contributed by atoms with Crippen molar-refractivity contribution in [1.29, 1.82) is 0 Å². The summed E-state index contributed by atoms with van der Waals surface area (Å²) in [6, 6.07) is 0. The molecule has 0 bridgehead atoms. The molecule has 120 valence electrons. The summed E-state index contributed by atoms with van der Waals surface area (Å²) in [5.41, 5.74) is -1.000. The second-order valence-electron chi connectivity index (χ2n) is 6.89. The summed E-state index contributed by atoms with van der Waals surface area (Å²) in [6.07, 6.45) is 12.9. The van der Waals surface area contributed by atoms with E-state index in [1.165, 1.54) is 32.1 Å². The van der Waals surface area contributed by atoms with Gasteiger partial charge in [0.2, 0.25) is 5.91 Å². The summed E-state index contributed by atoms with van der Waals surface area (Å²) < 4.78 is 0. The third kappa shape index (κ3) is 4.72. The number of carbonyl (C=O) groups is 2. The van der Waals surface area contributed by atoms with E-state index in [-0.39, 0.29) is 5.91 Å². The molecule has 0 aliphatic heterocycles. The van der Waals surface area contributed by atoms with Crippen LogP contribution in [0.25, 0.3) is 0 Å². The van der Waals surface area contributed by atoms with Crippen molar-refractivity contribution in [3.05, 3.63) is 0 Å². The Hall–Kier alpha value is -1.06. The quantitative estimate of drug-likeness (QED) is 0.761. The van der Waals surface area contributed by atoms with Crippen molar-refractivity contribution in [2.45, 2.75) is 89.0 Å². The van der Waals surface area contributed by atoms with Gasteiger partial charge in [-0.15, -0.1) is 0 Å². The number of hydrogen-bond donors (Lipinski definition) is 2. The average Bonchev–Trinajstić information content (AvgIpc) is 2.73. The van der Waals surface area contributed by atoms with Crippen molar-refractivity contribution < 1.29 is 14.7 Å². The number of carbonyl (C=O) groups excluding carboxylic acids is 1. The molecule has 2 fully saturated rings. The van der Waals surface area contributed by atoms with Crippen molar-refractivity contribution in [1.82, 2.24) is 5.32 Å². The summed E-state index contributed by atoms with van der Waals surface area (Å²) in [7, 11) is 0. The van der Waals surface area contributed by atoms with Gasteiger partial charge in [0.05, 0.1) is 0 Å². The molecule has 0 heterocycles. The minimum Gasteiger partial charge on any atom is -0.480 e. The second-order valence-corrected chi connectivity index (χ2v) is 6.89. The molecule has 4 nitrogen and oxygen atoms in total. The molecule has 0 spiro atoms. The van der Waals surface area contributed by atoms with Gasteiger partial charge in [0.25, 0.3) is 0 Å². The van der Waals surface area contributed by atoms with E-state index in [9.17, 15) is 14.7 Å². The molecule has 0 radical (unpaired) electrons. The molecule has 2 N–H and O–H groups in total. The van der Waals surface area contributed by atoms with Crippen LogP contribution >= 0.6 is 0 Å². The first-order chi connectivity index (χ1) is 10.1. The number of hydrogen-bond acceptors (Lipinski definition) is 2. The van der Waals surface area contributed by atoms with Crippen LogP contribution < -0.4 is 5.32 Å². The van der Waals surface area contributed by atoms with E-state index in [0.717, 1.165) is 32.1 Å². The molecule has 21 heavy (non-hydrogen) atoms. The fraction of sp³-hybridized carbons (Fsp3) is 0.882. The molecule has 2 aliphatic carbocycles. The fourth-order valence-corrected chi connectivity index (χ4v) is 3.86. The monoisotopic (exact) mass is 295 g/mol. The van der Waals surface area contributed by atoms with Gasteiger partial charge < -0.3 is 10.4 Å². The smallest absolute Gasteiger partial charge is 0.329 e. The lowest BCUT2D eigenvalue weighted by Crippen LogP contribution is -2.54. The summed E-state index contributed by atoms with van der Waals surface area (Å²) in [5, 5.41) is 12.4. The van der Waals surface area contributed by atoms with E-state index in [1.54, 1.807) is 0 Å². The third-order valence-electron chi connectivity index (χ3n) is 5.25. The zero-order chi connectivity index (χ0) is 15.1. The van der Waals surface area contributed by atoms with Crippen LogP contribution in [0, 0.1) is 5.92 Å². The van der Waals surface area contributed by atoms with Crippen molar-refractivity contribution in [2.75, 3.05) is 0 Å². The molecule has 4 heteroatoms. The molecule has 0 aromatic heterocycles. The summed E-state index contributed by atoms with van der Waals surface area (Å²) in [6.45, 7) is 0. The highest BCUT2D eigenvalue weighted by molar-refractivity contribution is 5.87. The van der Waals surface area contributed by atoms with E-state index in [4.69, 9.17) is 0 Å². The summed E-state index contributed by atoms with van der Waals surface area (Å²) in [5.74, 6) is -0.250. The van der Waals surface area contributed by atoms with Gasteiger partial charge in [0.1, 0.15) is 5.54 Å². The topological polar surface area (TPSA) is 66.4 Å². The number of amides is 1. The van der Waals surface area contributed by atoms with E-state index >= 15 is 0 Å². The molecule has 2 aliphatic rings. The standard InChI is InChI=1S/C17H29NO3/c19-15(11-10-14-8-4-3-5-9-14)18-17(16(20)21)12-6-1-2-7-13-17/h14H,1-13H2,(H,18,19)(H,20,21). The van der Waals surface area contributed by atoms with Gasteiger partial charge in [-0.3, -0.25) is 4.79 Å². The Balaban J connectivity index is 1.84. The van der Waals surface area contributed by atoms with Crippen LogP contribution in [0.2, 0.25) is 0 Å². The molecular weight excluding hydrogens is 266 g/mol. The average molecular weight is 295 g/mol. The maximum absolute atomic E-state index is 12.2. The summed E-state index contributed by atoms with van der Waals surface area (Å²) in [4.78, 5) is 23.9. The SMILES string of the molecule is O=C(CCC1CCCCC1)NC1(C(=O)O)CCCCCC1. The van der Waals surface area contributed by atoms with Gasteiger partial charge >= 0.3 is 5.97 Å². The Bertz CT molecular complexity index is 353. The van der Waals surface area contributed by atoms with Crippen LogP contribution in [0.15, 0.2) is 0 Å². The Kier molecular flexibility index (Phi) is 6.07. The van der Waals surface area contributed by atoms with Gasteiger partial charge in [-0.2, -0.15) is 0 Å². The fourth-order valence-electron chi connectivity index (χ4n) is 3.86. The third-order valence-corrected chi connectivity index (χ3v) is 5.25. The number of nitrogens with one attached hydrogen (secondary N) is 1. The van der Waals surface area contributed by atoms with E-state index in [2.05, 4.69) is 5.32 Å². The molecule has 0 unspecified atom stereocenters. The number of carboxylic acids is 1. The van der Waals surface area contributed by atoms with Gasteiger partial charge in [-0.1, -0.05) is 57.8 Å². The maximum Gasteiger partial charge on any atom is 0.329 e. The normalized spacial score (nSPS) is 23.2. The minimum absolute atomic E-state index is 0.0649. The first kappa shape index (κ1) is 16.3. The molecular formula is C17H29NO3. The van der Waals surface area contributed by atoms with Gasteiger partial charge in [0, 0.05) is 6.42 Å². The molecule has 0 atom stereocenters. The van der Waals surface area contributed by atoms with Gasteiger partial charge in [-0.25, -0.2) is 4.79 Å². The van der Waals surface area contributed by atoms with Gasteiger partial charge in [-0.05, 0) is 25.2 Å². The number of rotatable bonds is 5. The first-order valence-corrected chi connectivity index (χ1v) is 8.67. The van der Waals surface area contributed by atoms with Gasteiger partial charge in [0.15, 0.2) is 0 Å². The molecule has 1 amide bonds. The Morgan fingerprint density at radius 3 is 2.10 bits per heavy atom.